The number of benzene rings is 3. The van der Waals surface area contributed by atoms with Gasteiger partial charge < -0.3 is 10.3 Å². The van der Waals surface area contributed by atoms with E-state index in [0.717, 1.165) is 35.2 Å². The zero-order valence-electron chi connectivity index (χ0n) is 14.3. The number of pyridine rings is 1. The Labute approximate surface area is 156 Å². The number of amides is 1. The van der Waals surface area contributed by atoms with Crippen molar-refractivity contribution in [1.82, 2.24) is 4.98 Å². The fraction of sp³-hybridized carbons (Fsp3) is 0.0476. The molecule has 4 nitrogen and oxygen atoms in total. The number of carbonyl (C=O) groups excluding carboxylic acids is 1. The largest absolute Gasteiger partial charge is 0.416 e. The molecular weight excluding hydrogens is 369 g/mol. The zero-order chi connectivity index (χ0) is 19.9. The van der Waals surface area contributed by atoms with Crippen molar-refractivity contribution in [1.29, 1.82) is 0 Å². The lowest BCUT2D eigenvalue weighted by atomic mass is 10.1. The summed E-state index contributed by atoms with van der Waals surface area (Å²) >= 11 is 0. The van der Waals surface area contributed by atoms with E-state index in [1.807, 2.05) is 30.3 Å². The third kappa shape index (κ3) is 3.11. The maximum absolute atomic E-state index is 12.8. The molecule has 0 spiro atoms. The first-order valence-corrected chi connectivity index (χ1v) is 8.36. The number of alkyl halides is 3. The number of rotatable bonds is 2. The van der Waals surface area contributed by atoms with Gasteiger partial charge in [-0.15, -0.1) is 0 Å². The van der Waals surface area contributed by atoms with E-state index in [-0.39, 0.29) is 16.5 Å². The van der Waals surface area contributed by atoms with Gasteiger partial charge in [-0.25, -0.2) is 0 Å². The summed E-state index contributed by atoms with van der Waals surface area (Å²) in [7, 11) is 0. The quantitative estimate of drug-likeness (QED) is 0.515. The van der Waals surface area contributed by atoms with Gasteiger partial charge in [0, 0.05) is 28.2 Å². The molecule has 0 atom stereocenters. The van der Waals surface area contributed by atoms with Crippen molar-refractivity contribution < 1.29 is 18.0 Å². The molecule has 1 amide bonds. The van der Waals surface area contributed by atoms with Gasteiger partial charge in [0.2, 0.25) is 5.43 Å². The molecular formula is C21H13F3N2O2. The van der Waals surface area contributed by atoms with Crippen LogP contribution in [0.2, 0.25) is 0 Å². The molecule has 0 fully saturated rings. The molecule has 0 saturated carbocycles. The second-order valence-electron chi connectivity index (χ2n) is 6.27. The normalized spacial score (nSPS) is 11.7. The highest BCUT2D eigenvalue weighted by Crippen LogP contribution is 2.30. The van der Waals surface area contributed by atoms with Crippen LogP contribution in [0.3, 0.4) is 0 Å². The van der Waals surface area contributed by atoms with Gasteiger partial charge in [-0.2, -0.15) is 13.2 Å². The summed E-state index contributed by atoms with van der Waals surface area (Å²) in [6.45, 7) is 0. The molecule has 0 radical (unpaired) electrons. The second kappa shape index (κ2) is 6.53. The van der Waals surface area contributed by atoms with Gasteiger partial charge in [0.05, 0.1) is 5.56 Å². The fourth-order valence-electron chi connectivity index (χ4n) is 3.09. The second-order valence-corrected chi connectivity index (χ2v) is 6.27. The van der Waals surface area contributed by atoms with Crippen LogP contribution >= 0.6 is 0 Å². The lowest BCUT2D eigenvalue weighted by Gasteiger charge is -2.10. The van der Waals surface area contributed by atoms with E-state index in [0.29, 0.717) is 5.69 Å². The first-order valence-electron chi connectivity index (χ1n) is 8.36. The van der Waals surface area contributed by atoms with E-state index in [4.69, 9.17) is 0 Å². The minimum atomic E-state index is -4.52. The van der Waals surface area contributed by atoms with Crippen LogP contribution in [0.4, 0.5) is 18.9 Å². The van der Waals surface area contributed by atoms with E-state index in [9.17, 15) is 22.8 Å². The molecule has 2 N–H and O–H groups in total. The standard InChI is InChI=1S/C21H13F3N2O2/c22-21(23,24)13-8-9-15-18(10-13)25-11-16(19(15)27)20(28)26-17-7-3-5-12-4-1-2-6-14(12)17/h1-11H,(H,25,27)(H,26,28). The molecule has 0 unspecified atom stereocenters. The Kier molecular flexibility index (Phi) is 4.15. The van der Waals surface area contributed by atoms with Crippen LogP contribution < -0.4 is 10.7 Å². The predicted octanol–water partition coefficient (Wildman–Crippen LogP) is 4.95. The molecule has 4 aromatic rings. The molecule has 140 valence electrons. The van der Waals surface area contributed by atoms with Gasteiger partial charge in [0.15, 0.2) is 0 Å². The minimum absolute atomic E-state index is 0.0126. The van der Waals surface area contributed by atoms with Crippen LogP contribution in [-0.4, -0.2) is 10.9 Å². The topological polar surface area (TPSA) is 62.0 Å². The Balaban J connectivity index is 1.73. The first kappa shape index (κ1) is 17.8. The van der Waals surface area contributed by atoms with E-state index < -0.39 is 23.1 Å². The maximum atomic E-state index is 12.8. The molecule has 0 saturated heterocycles. The number of nitrogens with one attached hydrogen (secondary N) is 2. The lowest BCUT2D eigenvalue weighted by Crippen LogP contribution is -2.22. The third-order valence-electron chi connectivity index (χ3n) is 4.49. The number of hydrogen-bond acceptors (Lipinski definition) is 2. The molecule has 0 aliphatic carbocycles. The van der Waals surface area contributed by atoms with Crippen molar-refractivity contribution in [3.05, 3.63) is 88.2 Å². The molecule has 7 heteroatoms. The average Bonchev–Trinajstić information content (AvgIpc) is 2.67. The fourth-order valence-corrected chi connectivity index (χ4v) is 3.09. The van der Waals surface area contributed by atoms with Gasteiger partial charge in [0.1, 0.15) is 5.56 Å². The van der Waals surface area contributed by atoms with Crippen LogP contribution in [-0.2, 0) is 6.18 Å². The van der Waals surface area contributed by atoms with Crippen molar-refractivity contribution in [3.8, 4) is 0 Å². The van der Waals surface area contributed by atoms with Crippen molar-refractivity contribution in [2.24, 2.45) is 0 Å². The van der Waals surface area contributed by atoms with Gasteiger partial charge in [-0.1, -0.05) is 36.4 Å². The van der Waals surface area contributed by atoms with Crippen molar-refractivity contribution in [2.75, 3.05) is 5.32 Å². The highest BCUT2D eigenvalue weighted by atomic mass is 19.4. The number of H-pyrrole nitrogens is 1. The third-order valence-corrected chi connectivity index (χ3v) is 4.49. The van der Waals surface area contributed by atoms with Gasteiger partial charge in [-0.3, -0.25) is 9.59 Å². The van der Waals surface area contributed by atoms with Crippen molar-refractivity contribution in [2.45, 2.75) is 6.18 Å². The molecule has 0 bridgehead atoms. The number of aromatic nitrogens is 1. The number of halogens is 3. The molecule has 4 rings (SSSR count). The minimum Gasteiger partial charge on any atom is -0.360 e. The van der Waals surface area contributed by atoms with Gasteiger partial charge in [0.25, 0.3) is 5.91 Å². The van der Waals surface area contributed by atoms with Crippen LogP contribution in [0.5, 0.6) is 0 Å². The summed E-state index contributed by atoms with van der Waals surface area (Å²) in [6, 6.07) is 15.6. The highest BCUT2D eigenvalue weighted by Gasteiger charge is 2.30. The molecule has 0 aliphatic heterocycles. The first-order chi connectivity index (χ1) is 13.3. The van der Waals surface area contributed by atoms with Crippen LogP contribution in [0.25, 0.3) is 21.7 Å². The molecule has 3 aromatic carbocycles. The van der Waals surface area contributed by atoms with Crippen LogP contribution in [0.1, 0.15) is 15.9 Å². The highest BCUT2D eigenvalue weighted by molar-refractivity contribution is 6.09. The van der Waals surface area contributed by atoms with E-state index in [1.165, 1.54) is 0 Å². The maximum Gasteiger partial charge on any atom is 0.416 e. The molecule has 1 aromatic heterocycles. The number of aromatic amines is 1. The average molecular weight is 382 g/mol. The van der Waals surface area contributed by atoms with Gasteiger partial charge in [-0.05, 0) is 29.7 Å². The summed E-state index contributed by atoms with van der Waals surface area (Å²) < 4.78 is 38.5. The zero-order valence-corrected chi connectivity index (χ0v) is 14.3. The number of carbonyl (C=O) groups is 1. The summed E-state index contributed by atoms with van der Waals surface area (Å²) in [6.07, 6.45) is -3.39. The summed E-state index contributed by atoms with van der Waals surface area (Å²) in [5, 5.41) is 4.45. The molecule has 28 heavy (non-hydrogen) atoms. The van der Waals surface area contributed by atoms with E-state index >= 15 is 0 Å². The van der Waals surface area contributed by atoms with Crippen LogP contribution in [0.15, 0.2) is 71.7 Å². The van der Waals surface area contributed by atoms with E-state index in [1.54, 1.807) is 12.1 Å². The summed E-state index contributed by atoms with van der Waals surface area (Å²) in [4.78, 5) is 27.9. The van der Waals surface area contributed by atoms with Crippen LogP contribution in [0, 0.1) is 0 Å². The Morgan fingerprint density at radius 2 is 1.68 bits per heavy atom. The Morgan fingerprint density at radius 1 is 0.929 bits per heavy atom. The van der Waals surface area contributed by atoms with Gasteiger partial charge >= 0.3 is 6.18 Å². The van der Waals surface area contributed by atoms with Crippen molar-refractivity contribution >= 4 is 33.3 Å². The SMILES string of the molecule is O=C(Nc1cccc2ccccc12)c1c[nH]c2cc(C(F)(F)F)ccc2c1=O. The predicted molar refractivity (Wildman–Crippen MR) is 101 cm³/mol. The molecule has 1 heterocycles. The Hall–Kier alpha value is -3.61. The summed E-state index contributed by atoms with van der Waals surface area (Å²) in [5.74, 6) is -0.639. The van der Waals surface area contributed by atoms with Crippen molar-refractivity contribution in [3.63, 3.8) is 0 Å². The molecule has 0 aliphatic rings. The Bertz CT molecular complexity index is 1270. The number of hydrogen-bond donors (Lipinski definition) is 2. The monoisotopic (exact) mass is 382 g/mol. The summed E-state index contributed by atoms with van der Waals surface area (Å²) in [5.41, 5.74) is -1.14. The number of fused-ring (bicyclic) bond motifs is 2. The Morgan fingerprint density at radius 3 is 2.46 bits per heavy atom. The smallest absolute Gasteiger partial charge is 0.360 e. The number of anilines is 1. The van der Waals surface area contributed by atoms with E-state index in [2.05, 4.69) is 10.3 Å². The lowest BCUT2D eigenvalue weighted by molar-refractivity contribution is -0.137.